The monoisotopic (exact) mass is 1720 g/mol. The van der Waals surface area contributed by atoms with Crippen LogP contribution in [0.2, 0.25) is 0 Å². The second-order valence-corrected chi connectivity index (χ2v) is 37.6. The Morgan fingerprint density at radius 3 is 0.349 bits per heavy atom. The Labute approximate surface area is 757 Å². The van der Waals surface area contributed by atoms with Crippen molar-refractivity contribution in [2.75, 3.05) is 162 Å². The average molecular weight is 1720 g/mol. The van der Waals surface area contributed by atoms with Crippen LogP contribution in [0.3, 0.4) is 0 Å². The molecule has 0 amide bonds. The van der Waals surface area contributed by atoms with Gasteiger partial charge in [0.15, 0.2) is 0 Å². The number of hydrogen-bond acceptors (Lipinski definition) is 12. The van der Waals surface area contributed by atoms with Gasteiger partial charge in [0.25, 0.3) is 0 Å². The average Bonchev–Trinajstić information content (AvgIpc) is 0.641. The first kappa shape index (κ1) is 97.6. The van der Waals surface area contributed by atoms with Crippen molar-refractivity contribution in [1.82, 2.24) is 0 Å². The highest BCUT2D eigenvalue weighted by Gasteiger charge is 2.33. The minimum Gasteiger partial charge on any atom is -0.382 e. The van der Waals surface area contributed by atoms with Crippen LogP contribution in [-0.4, -0.2) is 162 Å². The number of aryl methyl sites for hydroxylation is 6. The van der Waals surface area contributed by atoms with E-state index in [4.69, 9.17) is 56.8 Å². The summed E-state index contributed by atoms with van der Waals surface area (Å²) in [6.45, 7) is 13.1. The van der Waals surface area contributed by atoms with Gasteiger partial charge in [-0.2, -0.15) is 0 Å². The van der Waals surface area contributed by atoms with Crippen LogP contribution in [0.15, 0.2) is 72.8 Å². The highest BCUT2D eigenvalue weighted by molar-refractivity contribution is 6.61. The zero-order valence-electron chi connectivity index (χ0n) is 79.5. The molecule has 690 valence electrons. The van der Waals surface area contributed by atoms with E-state index >= 15 is 0 Å². The molecule has 0 fully saturated rings. The molecule has 0 aliphatic heterocycles. The first-order chi connectivity index (χ1) is 62.5. The van der Waals surface area contributed by atoms with E-state index in [-0.39, 0.29) is 0 Å². The third-order valence-electron chi connectivity index (χ3n) is 28.0. The van der Waals surface area contributed by atoms with Crippen LogP contribution >= 0.6 is 0 Å². The summed E-state index contributed by atoms with van der Waals surface area (Å²) in [6.07, 6.45) is 58.3. The van der Waals surface area contributed by atoms with Gasteiger partial charge in [-0.15, -0.1) is 0 Å². The number of ether oxygens (including phenoxy) is 12. The minimum absolute atomic E-state index is 0.667. The van der Waals surface area contributed by atoms with Gasteiger partial charge in [-0.1, -0.05) is 265 Å². The molecule has 0 spiro atoms. The molecule has 12 heteroatoms. The molecule has 0 atom stereocenters. The van der Waals surface area contributed by atoms with Crippen molar-refractivity contribution in [1.29, 1.82) is 0 Å². The van der Waals surface area contributed by atoms with Crippen molar-refractivity contribution in [2.24, 2.45) is 0 Å². The molecular weight excluding hydrogens is 1560 g/mol. The van der Waals surface area contributed by atoms with Crippen LogP contribution in [0.4, 0.5) is 0 Å². The van der Waals surface area contributed by atoms with Gasteiger partial charge in [0, 0.05) is 82.3 Å². The van der Waals surface area contributed by atoms with Gasteiger partial charge in [-0.05, 0) is 278 Å². The highest BCUT2D eigenvalue weighted by Crippen LogP contribution is 2.61. The Bertz CT molecular complexity index is 4120. The van der Waals surface area contributed by atoms with Gasteiger partial charge in [-0.3, -0.25) is 0 Å². The van der Waals surface area contributed by atoms with E-state index < -0.39 is 0 Å². The summed E-state index contributed by atoms with van der Waals surface area (Å²) in [5.74, 6) is 0. The quantitative estimate of drug-likeness (QED) is 0.0206. The lowest BCUT2D eigenvalue weighted by molar-refractivity contribution is 0.0685. The zero-order valence-corrected chi connectivity index (χ0v) is 79.5. The number of rotatable bonds is 78. The molecule has 0 bridgehead atoms. The maximum atomic E-state index is 5.87. The van der Waals surface area contributed by atoms with Crippen molar-refractivity contribution in [3.8, 4) is 0 Å². The lowest BCUT2D eigenvalue weighted by Gasteiger charge is -2.30. The smallest absolute Gasteiger partial charge is 0.0700 e. The third-order valence-corrected chi connectivity index (χ3v) is 28.0. The molecular formula is C114H162O12. The summed E-state index contributed by atoms with van der Waals surface area (Å²) in [5, 5.41) is 36.2. The molecule has 0 heterocycles. The fourth-order valence-corrected chi connectivity index (χ4v) is 21.5. The Morgan fingerprint density at radius 2 is 0.230 bits per heavy atom. The van der Waals surface area contributed by atoms with Gasteiger partial charge in [0.1, 0.15) is 0 Å². The van der Waals surface area contributed by atoms with Crippen LogP contribution in [0.1, 0.15) is 303 Å². The summed E-state index contributed by atoms with van der Waals surface area (Å²) in [4.78, 5) is 0. The summed E-state index contributed by atoms with van der Waals surface area (Å²) < 4.78 is 66.7. The molecule has 0 N–H and O–H groups in total. The topological polar surface area (TPSA) is 111 Å². The Balaban J connectivity index is 0.961. The molecule has 0 aliphatic rings. The molecule has 12 nitrogen and oxygen atoms in total. The molecule has 0 saturated carbocycles. The van der Waals surface area contributed by atoms with Gasteiger partial charge < -0.3 is 56.8 Å². The van der Waals surface area contributed by atoms with E-state index in [1.54, 1.807) is 42.7 Å². The first-order valence-corrected chi connectivity index (χ1v) is 51.2. The predicted octanol–water partition coefficient (Wildman–Crippen LogP) is 29.8. The third kappa shape index (κ3) is 26.7. The fraction of sp³-hybridized carbons (Fsp3) is 0.632. The van der Waals surface area contributed by atoms with E-state index in [1.807, 2.05) is 0 Å². The predicted molar refractivity (Wildman–Crippen MR) is 536 cm³/mol. The van der Waals surface area contributed by atoms with Crippen molar-refractivity contribution in [3.05, 3.63) is 106 Å². The highest BCUT2D eigenvalue weighted by atomic mass is 16.5. The van der Waals surface area contributed by atoms with Crippen molar-refractivity contribution < 1.29 is 56.8 Å². The van der Waals surface area contributed by atoms with Crippen molar-refractivity contribution >= 4 is 129 Å². The van der Waals surface area contributed by atoms with E-state index in [0.29, 0.717) is 79.3 Å². The normalized spacial score (nSPS) is 12.6. The standard InChI is InChI=1S/C114H162O12/c1-115-61-67-121-55-43-31-19-7-13-25-37-49-85-73-91-93-75-86(50-38-26-14-8-20-32-44-56-122-68-62-116-2)77-95-97-79-88(52-40-28-16-10-22-34-46-58-124-70-64-118-4)81-99-101-83-90(54-42-30-18-12-24-36-48-60-126-72-66-120-6)84-102-100-82-89(53-41-29-17-11-23-35-47-59-125-71-65-119-5)80-98-96-78-87(51-39-27-15-9-21-33-45-57-123-69-63-117-3)76-94-92(74-85)103(91)109-110(104(93)95)112(106(97)99)114(108(101)102)113(107(98)100)111(109)105(94)96/h73-84H,7-72H2,1-6H3. The lowest BCUT2D eigenvalue weighted by atomic mass is 9.72. The fourth-order valence-electron chi connectivity index (χ4n) is 21.5. The zero-order chi connectivity index (χ0) is 87.0. The van der Waals surface area contributed by atoms with Crippen molar-refractivity contribution in [3.63, 3.8) is 0 Å². The summed E-state index contributed by atoms with van der Waals surface area (Å²) in [6, 6.07) is 33.1. The number of unbranched alkanes of at least 4 members (excludes halogenated alkanes) is 36. The molecule has 126 heavy (non-hydrogen) atoms. The Kier molecular flexibility index (Phi) is 42.4. The van der Waals surface area contributed by atoms with Crippen LogP contribution in [0.5, 0.6) is 0 Å². The number of benzene rings is 13. The van der Waals surface area contributed by atoms with Crippen LogP contribution in [0.25, 0.3) is 129 Å². The molecule has 0 radical (unpaired) electrons. The molecule has 13 rings (SSSR count). The van der Waals surface area contributed by atoms with Gasteiger partial charge in [0.2, 0.25) is 0 Å². The molecule has 13 aromatic rings. The molecule has 0 unspecified atom stereocenters. The largest absolute Gasteiger partial charge is 0.382 e. The summed E-state index contributed by atoms with van der Waals surface area (Å²) in [7, 11) is 10.5. The lowest BCUT2D eigenvalue weighted by Crippen LogP contribution is -2.03. The van der Waals surface area contributed by atoms with E-state index in [9.17, 15) is 0 Å². The van der Waals surface area contributed by atoms with Gasteiger partial charge >= 0.3 is 0 Å². The Hall–Kier alpha value is -5.94. The molecule has 0 saturated heterocycles. The van der Waals surface area contributed by atoms with E-state index in [1.165, 1.54) is 394 Å². The molecule has 13 aromatic carbocycles. The van der Waals surface area contributed by atoms with Gasteiger partial charge in [0.05, 0.1) is 79.3 Å². The van der Waals surface area contributed by atoms with Crippen LogP contribution < -0.4 is 0 Å². The van der Waals surface area contributed by atoms with Gasteiger partial charge in [-0.25, -0.2) is 0 Å². The maximum Gasteiger partial charge on any atom is 0.0700 e. The molecule has 0 aromatic heterocycles. The van der Waals surface area contributed by atoms with E-state index in [0.717, 1.165) is 117 Å². The number of hydrogen-bond donors (Lipinski definition) is 0. The first-order valence-electron chi connectivity index (χ1n) is 51.2. The minimum atomic E-state index is 0.667. The van der Waals surface area contributed by atoms with Crippen molar-refractivity contribution in [2.45, 2.75) is 308 Å². The Morgan fingerprint density at radius 1 is 0.119 bits per heavy atom. The number of fused-ring (bicyclic) bond motifs is 6. The summed E-state index contributed by atoms with van der Waals surface area (Å²) >= 11 is 0. The summed E-state index contributed by atoms with van der Waals surface area (Å²) in [5.41, 5.74) is 9.06. The van der Waals surface area contributed by atoms with E-state index in [2.05, 4.69) is 72.8 Å². The van der Waals surface area contributed by atoms with Crippen LogP contribution in [-0.2, 0) is 95.4 Å². The maximum absolute atomic E-state index is 5.87. The second kappa shape index (κ2) is 54.8. The second-order valence-electron chi connectivity index (χ2n) is 37.6. The van der Waals surface area contributed by atoms with Crippen LogP contribution in [0, 0.1) is 0 Å². The molecule has 0 aliphatic carbocycles. The number of methoxy groups -OCH3 is 6. The SMILES string of the molecule is COCCOCCCCCCCCCc1cc2c3cc(CCCCCCCCCOCCOC)cc4c5cc(CCCCCCCCCOCCOC)cc6c7cc(CCCCCCCCCOCCOC)cc8c9cc(CCCCCCCCCOCCOC)cc%10c%11cc(CCCCCCCCCOCCOC)cc%12c(c1)c2c1c(c34)c(c56)c(c78)c(c%109)c1c%12%11.